The predicted octanol–water partition coefficient (Wildman–Crippen LogP) is -1.35. The molecule has 1 heterocycles. The van der Waals surface area contributed by atoms with Crippen LogP contribution in [0.2, 0.25) is 0 Å². The molecule has 0 aromatic carbocycles. The highest BCUT2D eigenvalue weighted by molar-refractivity contribution is 5.34. The lowest BCUT2D eigenvalue weighted by Gasteiger charge is -2.25. The second kappa shape index (κ2) is 5.13. The molecule has 1 aromatic rings. The quantitative estimate of drug-likeness (QED) is 0.704. The first kappa shape index (κ1) is 13.4. The Hall–Kier alpha value is -1.63. The molecule has 0 radical (unpaired) electrons. The highest BCUT2D eigenvalue weighted by Crippen LogP contribution is 2.06. The van der Waals surface area contributed by atoms with E-state index in [1.165, 1.54) is 14.1 Å². The molecule has 0 spiro atoms. The third-order valence-corrected chi connectivity index (χ3v) is 2.88. The molecule has 0 fully saturated rings. The van der Waals surface area contributed by atoms with Crippen molar-refractivity contribution >= 4 is 5.82 Å². The van der Waals surface area contributed by atoms with Crippen molar-refractivity contribution in [1.29, 1.82) is 0 Å². The van der Waals surface area contributed by atoms with Crippen LogP contribution in [-0.2, 0) is 14.1 Å². The summed E-state index contributed by atoms with van der Waals surface area (Å²) in [5.74, 6) is 0.260. The zero-order chi connectivity index (χ0) is 13.2. The van der Waals surface area contributed by atoms with E-state index in [1.807, 2.05) is 6.92 Å². The van der Waals surface area contributed by atoms with Crippen LogP contribution in [0.5, 0.6) is 0 Å². The van der Waals surface area contributed by atoms with Crippen LogP contribution in [-0.4, -0.2) is 34.0 Å². The van der Waals surface area contributed by atoms with Crippen molar-refractivity contribution in [3.05, 3.63) is 20.8 Å². The van der Waals surface area contributed by atoms with E-state index >= 15 is 0 Å². The van der Waals surface area contributed by atoms with Gasteiger partial charge in [0.2, 0.25) is 5.82 Å². The zero-order valence-corrected chi connectivity index (χ0v) is 10.7. The minimum Gasteiger partial charge on any atom is -0.351 e. The summed E-state index contributed by atoms with van der Waals surface area (Å²) in [6.45, 7) is 2.50. The maximum absolute atomic E-state index is 11.9. The van der Waals surface area contributed by atoms with Gasteiger partial charge in [-0.2, -0.15) is 0 Å². The van der Waals surface area contributed by atoms with Gasteiger partial charge < -0.3 is 10.6 Å². The topological polar surface area (TPSA) is 86.2 Å². The standard InChI is InChI=1S/C10H19N5O2/c1-7(5-6-11)13(2)8-9(16)14(3)10(17)15(4)12-8/h7H,5-6,11H2,1-4H3. The van der Waals surface area contributed by atoms with Gasteiger partial charge in [0.1, 0.15) is 0 Å². The van der Waals surface area contributed by atoms with E-state index in [0.29, 0.717) is 6.54 Å². The van der Waals surface area contributed by atoms with Crippen LogP contribution in [0, 0.1) is 0 Å². The summed E-state index contributed by atoms with van der Waals surface area (Å²) in [4.78, 5) is 25.1. The Morgan fingerprint density at radius 3 is 2.53 bits per heavy atom. The largest absolute Gasteiger partial charge is 0.351 e. The maximum Gasteiger partial charge on any atom is 0.346 e. The van der Waals surface area contributed by atoms with Crippen molar-refractivity contribution in [1.82, 2.24) is 14.3 Å². The average Bonchev–Trinajstić information content (AvgIpc) is 2.30. The third kappa shape index (κ3) is 2.55. The predicted molar refractivity (Wildman–Crippen MR) is 66.3 cm³/mol. The van der Waals surface area contributed by atoms with E-state index in [2.05, 4.69) is 5.10 Å². The number of rotatable bonds is 4. The first-order valence-corrected chi connectivity index (χ1v) is 5.47. The molecular formula is C10H19N5O2. The molecule has 1 unspecified atom stereocenters. The van der Waals surface area contributed by atoms with Crippen LogP contribution < -0.4 is 21.9 Å². The number of hydrogen-bond acceptors (Lipinski definition) is 5. The highest BCUT2D eigenvalue weighted by atomic mass is 16.2. The molecule has 0 aliphatic rings. The van der Waals surface area contributed by atoms with E-state index in [0.717, 1.165) is 15.7 Å². The van der Waals surface area contributed by atoms with Crippen LogP contribution in [0.3, 0.4) is 0 Å². The Kier molecular flexibility index (Phi) is 4.06. The molecule has 7 nitrogen and oxygen atoms in total. The molecule has 17 heavy (non-hydrogen) atoms. The first-order chi connectivity index (χ1) is 7.90. The molecule has 0 aliphatic carbocycles. The van der Waals surface area contributed by atoms with E-state index in [1.54, 1.807) is 11.9 Å². The summed E-state index contributed by atoms with van der Waals surface area (Å²) in [6, 6.07) is 0.0951. The Morgan fingerprint density at radius 2 is 2.00 bits per heavy atom. The molecule has 0 saturated carbocycles. The van der Waals surface area contributed by atoms with Gasteiger partial charge in [0.25, 0.3) is 5.56 Å². The average molecular weight is 241 g/mol. The number of aryl methyl sites for hydroxylation is 1. The van der Waals surface area contributed by atoms with Gasteiger partial charge in [0.05, 0.1) is 0 Å². The van der Waals surface area contributed by atoms with Gasteiger partial charge in [-0.25, -0.2) is 9.48 Å². The summed E-state index contributed by atoms with van der Waals surface area (Å²) in [5, 5.41) is 3.99. The Balaban J connectivity index is 3.24. The van der Waals surface area contributed by atoms with E-state index in [9.17, 15) is 9.59 Å². The number of nitrogens with zero attached hydrogens (tertiary/aromatic N) is 4. The van der Waals surface area contributed by atoms with Gasteiger partial charge >= 0.3 is 5.69 Å². The summed E-state index contributed by atoms with van der Waals surface area (Å²) < 4.78 is 2.20. The number of aromatic nitrogens is 3. The zero-order valence-electron chi connectivity index (χ0n) is 10.7. The second-order valence-electron chi connectivity index (χ2n) is 4.13. The van der Waals surface area contributed by atoms with Gasteiger partial charge in [-0.05, 0) is 19.9 Å². The van der Waals surface area contributed by atoms with Gasteiger partial charge in [-0.1, -0.05) is 0 Å². The lowest BCUT2D eigenvalue weighted by molar-refractivity contribution is 0.566. The lowest BCUT2D eigenvalue weighted by atomic mass is 10.2. The molecule has 1 aromatic heterocycles. The fourth-order valence-corrected chi connectivity index (χ4v) is 1.55. The van der Waals surface area contributed by atoms with Crippen LogP contribution in [0.4, 0.5) is 5.82 Å². The smallest absolute Gasteiger partial charge is 0.346 e. The lowest BCUT2D eigenvalue weighted by Crippen LogP contribution is -2.44. The summed E-state index contributed by atoms with van der Waals surface area (Å²) in [6.07, 6.45) is 0.754. The normalized spacial score (nSPS) is 12.5. The van der Waals surface area contributed by atoms with Crippen molar-refractivity contribution in [2.24, 2.45) is 19.8 Å². The van der Waals surface area contributed by atoms with Crippen molar-refractivity contribution < 1.29 is 0 Å². The third-order valence-electron chi connectivity index (χ3n) is 2.88. The molecule has 0 amide bonds. The second-order valence-corrected chi connectivity index (χ2v) is 4.13. The van der Waals surface area contributed by atoms with E-state index in [4.69, 9.17) is 5.73 Å². The van der Waals surface area contributed by atoms with Crippen molar-refractivity contribution in [2.75, 3.05) is 18.5 Å². The molecule has 2 N–H and O–H groups in total. The van der Waals surface area contributed by atoms with Crippen molar-refractivity contribution in [3.63, 3.8) is 0 Å². The van der Waals surface area contributed by atoms with Crippen LogP contribution in [0.1, 0.15) is 13.3 Å². The highest BCUT2D eigenvalue weighted by Gasteiger charge is 2.17. The molecule has 1 atom stereocenters. The Bertz CT molecular complexity index is 504. The van der Waals surface area contributed by atoms with Gasteiger partial charge in [0.15, 0.2) is 0 Å². The first-order valence-electron chi connectivity index (χ1n) is 5.47. The minimum absolute atomic E-state index is 0.0951. The minimum atomic E-state index is -0.432. The van der Waals surface area contributed by atoms with Crippen LogP contribution in [0.15, 0.2) is 9.59 Å². The number of nitrogens with two attached hydrogens (primary N) is 1. The molecule has 0 bridgehead atoms. The Morgan fingerprint density at radius 1 is 1.41 bits per heavy atom. The monoisotopic (exact) mass is 241 g/mol. The summed E-state index contributed by atoms with van der Waals surface area (Å²) in [7, 11) is 4.73. The number of anilines is 1. The summed E-state index contributed by atoms with van der Waals surface area (Å²) in [5.41, 5.74) is 4.66. The summed E-state index contributed by atoms with van der Waals surface area (Å²) >= 11 is 0. The van der Waals surface area contributed by atoms with Crippen LogP contribution >= 0.6 is 0 Å². The molecule has 1 rings (SSSR count). The SMILES string of the molecule is CC(CCN)N(C)c1nn(C)c(=O)n(C)c1=O. The van der Waals surface area contributed by atoms with Crippen molar-refractivity contribution in [3.8, 4) is 0 Å². The number of hydrogen-bond donors (Lipinski definition) is 1. The molecule has 96 valence electrons. The molecular weight excluding hydrogens is 222 g/mol. The Labute approximate surface area is 99.5 Å². The molecule has 0 saturated heterocycles. The van der Waals surface area contributed by atoms with Gasteiger partial charge in [-0.15, -0.1) is 5.10 Å². The van der Waals surface area contributed by atoms with Gasteiger partial charge in [0, 0.05) is 27.2 Å². The van der Waals surface area contributed by atoms with Crippen molar-refractivity contribution in [2.45, 2.75) is 19.4 Å². The van der Waals surface area contributed by atoms with E-state index in [-0.39, 0.29) is 17.4 Å². The molecule has 0 aliphatic heterocycles. The fourth-order valence-electron chi connectivity index (χ4n) is 1.55. The van der Waals surface area contributed by atoms with Crippen LogP contribution in [0.25, 0.3) is 0 Å². The van der Waals surface area contributed by atoms with Gasteiger partial charge in [-0.3, -0.25) is 9.36 Å². The fraction of sp³-hybridized carbons (Fsp3) is 0.700. The molecule has 7 heteroatoms. The maximum atomic E-state index is 11.9. The van der Waals surface area contributed by atoms with E-state index < -0.39 is 5.69 Å².